The van der Waals surface area contributed by atoms with E-state index in [1.54, 1.807) is 6.07 Å². The van der Waals surface area contributed by atoms with Crippen molar-refractivity contribution in [3.63, 3.8) is 0 Å². The highest BCUT2D eigenvalue weighted by Crippen LogP contribution is 2.36. The van der Waals surface area contributed by atoms with E-state index in [9.17, 15) is 19.7 Å². The van der Waals surface area contributed by atoms with E-state index in [0.29, 0.717) is 63.9 Å². The van der Waals surface area contributed by atoms with E-state index >= 15 is 0 Å². The average Bonchev–Trinajstić information content (AvgIpc) is 2.92. The standard InChI is InChI=1S/C25H39N3O10S/c1-33-23-16-21(28(31)32)19-15-24(23)38-14-13-37-12-11-36-10-9-35-8-7-34-6-4-25(30)27-20(18-39-17-19)22(29)3-2-5-26/h15-16,20H,2-14,17-18,26H2,1H3,(H,27,30). The van der Waals surface area contributed by atoms with Crippen LogP contribution in [-0.4, -0.2) is 102 Å². The van der Waals surface area contributed by atoms with E-state index in [4.69, 9.17) is 34.2 Å². The van der Waals surface area contributed by atoms with Crippen LogP contribution in [-0.2, 0) is 34.3 Å². The Labute approximate surface area is 232 Å². The number of nitrogens with two attached hydrogens (primary N) is 1. The molecule has 13 nitrogen and oxygen atoms in total. The highest BCUT2D eigenvalue weighted by Gasteiger charge is 2.23. The molecule has 0 aromatic heterocycles. The van der Waals surface area contributed by atoms with Crippen molar-refractivity contribution in [3.05, 3.63) is 27.8 Å². The van der Waals surface area contributed by atoms with Gasteiger partial charge in [-0.1, -0.05) is 0 Å². The third-order valence-corrected chi connectivity index (χ3v) is 6.61. The molecule has 220 valence electrons. The fourth-order valence-electron chi connectivity index (χ4n) is 3.51. The molecule has 1 aromatic carbocycles. The smallest absolute Gasteiger partial charge is 0.277 e. The van der Waals surface area contributed by atoms with Gasteiger partial charge in [0.2, 0.25) is 5.91 Å². The van der Waals surface area contributed by atoms with Crippen LogP contribution in [0, 0.1) is 10.1 Å². The van der Waals surface area contributed by atoms with E-state index in [2.05, 4.69) is 5.32 Å². The lowest BCUT2D eigenvalue weighted by Crippen LogP contribution is -2.43. The molecule has 1 atom stereocenters. The summed E-state index contributed by atoms with van der Waals surface area (Å²) in [4.78, 5) is 36.5. The number of benzene rings is 1. The van der Waals surface area contributed by atoms with E-state index in [1.165, 1.54) is 24.9 Å². The van der Waals surface area contributed by atoms with Crippen LogP contribution in [0.25, 0.3) is 0 Å². The molecule has 1 heterocycles. The first kappa shape index (κ1) is 32.7. The molecular weight excluding hydrogens is 534 g/mol. The number of ketones is 1. The molecule has 1 aromatic rings. The molecule has 0 spiro atoms. The predicted molar refractivity (Wildman–Crippen MR) is 144 cm³/mol. The van der Waals surface area contributed by atoms with E-state index in [-0.39, 0.29) is 67.3 Å². The molecule has 1 amide bonds. The molecule has 2 rings (SSSR count). The fraction of sp³-hybridized carbons (Fsp3) is 0.680. The minimum Gasteiger partial charge on any atom is -0.493 e. The van der Waals surface area contributed by atoms with Gasteiger partial charge in [0.05, 0.1) is 77.0 Å². The van der Waals surface area contributed by atoms with E-state index in [1.807, 2.05) is 0 Å². The first-order valence-electron chi connectivity index (χ1n) is 12.8. The molecule has 2 bridgehead atoms. The maximum atomic E-state index is 12.7. The van der Waals surface area contributed by atoms with Crippen LogP contribution in [0.15, 0.2) is 12.1 Å². The van der Waals surface area contributed by atoms with Crippen LogP contribution >= 0.6 is 11.8 Å². The Morgan fingerprint density at radius 1 is 1.08 bits per heavy atom. The number of nitrogens with one attached hydrogen (secondary N) is 1. The van der Waals surface area contributed by atoms with E-state index in [0.717, 1.165) is 0 Å². The summed E-state index contributed by atoms with van der Waals surface area (Å²) in [6, 6.07) is 2.12. The number of rotatable bonds is 6. The molecule has 0 saturated heterocycles. The minimum atomic E-state index is -0.756. The lowest BCUT2D eigenvalue weighted by Gasteiger charge is -2.18. The van der Waals surface area contributed by atoms with Crippen molar-refractivity contribution in [3.8, 4) is 11.5 Å². The summed E-state index contributed by atoms with van der Waals surface area (Å²) in [5, 5.41) is 14.5. The maximum absolute atomic E-state index is 12.7. The molecule has 0 fully saturated rings. The Kier molecular flexibility index (Phi) is 16.4. The number of nitro benzene ring substituents is 1. The second-order valence-corrected chi connectivity index (χ2v) is 9.46. The summed E-state index contributed by atoms with van der Waals surface area (Å²) in [5.74, 6) is 0.549. The summed E-state index contributed by atoms with van der Waals surface area (Å²) < 4.78 is 32.9. The largest absolute Gasteiger partial charge is 0.493 e. The summed E-state index contributed by atoms with van der Waals surface area (Å²) in [6.07, 6.45) is 0.805. The third kappa shape index (κ3) is 12.9. The zero-order chi connectivity index (χ0) is 28.3. The van der Waals surface area contributed by atoms with Gasteiger partial charge in [-0.2, -0.15) is 11.8 Å². The Bertz CT molecular complexity index is 905. The predicted octanol–water partition coefficient (Wildman–Crippen LogP) is 1.48. The van der Waals surface area contributed by atoms with Crippen LogP contribution in [0.3, 0.4) is 0 Å². The van der Waals surface area contributed by atoms with Gasteiger partial charge in [-0.05, 0) is 19.0 Å². The van der Waals surface area contributed by atoms with Crippen molar-refractivity contribution >= 4 is 29.1 Å². The molecular formula is C25H39N3O10S. The number of methoxy groups -OCH3 is 1. The quantitative estimate of drug-likeness (QED) is 0.372. The number of hydrogen-bond acceptors (Lipinski definition) is 12. The second-order valence-electron chi connectivity index (χ2n) is 8.43. The molecule has 14 heteroatoms. The maximum Gasteiger partial charge on any atom is 0.277 e. The van der Waals surface area contributed by atoms with Crippen molar-refractivity contribution in [2.75, 3.05) is 78.9 Å². The average molecular weight is 574 g/mol. The highest BCUT2D eigenvalue weighted by molar-refractivity contribution is 7.98. The Balaban J connectivity index is 2.14. The normalized spacial score (nSPS) is 19.6. The number of hydrogen-bond donors (Lipinski definition) is 2. The lowest BCUT2D eigenvalue weighted by atomic mass is 10.1. The van der Waals surface area contributed by atoms with Crippen LogP contribution in [0.2, 0.25) is 0 Å². The minimum absolute atomic E-state index is 0.0824. The topological polar surface area (TPSA) is 171 Å². The zero-order valence-electron chi connectivity index (χ0n) is 22.4. The lowest BCUT2D eigenvalue weighted by molar-refractivity contribution is -0.385. The van der Waals surface area contributed by atoms with Crippen LogP contribution in [0.5, 0.6) is 11.5 Å². The molecule has 39 heavy (non-hydrogen) atoms. The van der Waals surface area contributed by atoms with Gasteiger partial charge < -0.3 is 39.5 Å². The molecule has 0 saturated carbocycles. The number of ether oxygens (including phenoxy) is 6. The molecule has 1 aliphatic rings. The Hall–Kier alpha value is -2.49. The van der Waals surface area contributed by atoms with Crippen LogP contribution < -0.4 is 20.5 Å². The fourth-order valence-corrected chi connectivity index (χ4v) is 4.58. The molecule has 1 unspecified atom stereocenters. The summed E-state index contributed by atoms with van der Waals surface area (Å²) in [6.45, 7) is 3.29. The summed E-state index contributed by atoms with van der Waals surface area (Å²) in [5.41, 5.74) is 5.82. The zero-order valence-corrected chi connectivity index (χ0v) is 23.2. The number of amides is 1. The Morgan fingerprint density at radius 3 is 2.28 bits per heavy atom. The van der Waals surface area contributed by atoms with Gasteiger partial charge >= 0.3 is 0 Å². The first-order chi connectivity index (χ1) is 19.0. The number of thioether (sulfide) groups is 1. The van der Waals surface area contributed by atoms with Crippen molar-refractivity contribution in [1.82, 2.24) is 5.32 Å². The van der Waals surface area contributed by atoms with E-state index < -0.39 is 11.0 Å². The van der Waals surface area contributed by atoms with Crippen LogP contribution in [0.1, 0.15) is 24.8 Å². The van der Waals surface area contributed by atoms with Crippen molar-refractivity contribution in [2.24, 2.45) is 5.73 Å². The summed E-state index contributed by atoms with van der Waals surface area (Å²) >= 11 is 1.30. The number of carbonyl (C=O) groups excluding carboxylic acids is 2. The van der Waals surface area contributed by atoms with Gasteiger partial charge in [-0.3, -0.25) is 19.7 Å². The second kappa shape index (κ2) is 19.6. The van der Waals surface area contributed by atoms with Crippen molar-refractivity contribution in [2.45, 2.75) is 31.1 Å². The monoisotopic (exact) mass is 573 g/mol. The van der Waals surface area contributed by atoms with Gasteiger partial charge in [-0.15, -0.1) is 0 Å². The number of nitrogens with zero attached hydrogens (tertiary/aromatic N) is 1. The third-order valence-electron chi connectivity index (χ3n) is 5.53. The van der Waals surface area contributed by atoms with Gasteiger partial charge in [0.15, 0.2) is 17.3 Å². The molecule has 0 aliphatic carbocycles. The molecule has 3 N–H and O–H groups in total. The number of Topliss-reactive ketones (excluding diaryl/α,β-unsaturated/α-hetero) is 1. The first-order valence-corrected chi connectivity index (χ1v) is 14.0. The van der Waals surface area contributed by atoms with Crippen molar-refractivity contribution < 1.29 is 42.9 Å². The molecule has 0 radical (unpaired) electrons. The van der Waals surface area contributed by atoms with Gasteiger partial charge in [0, 0.05) is 29.9 Å². The number of carbonyl (C=O) groups is 2. The van der Waals surface area contributed by atoms with Crippen molar-refractivity contribution in [1.29, 1.82) is 0 Å². The molecule has 1 aliphatic heterocycles. The highest BCUT2D eigenvalue weighted by atomic mass is 32.2. The SMILES string of the molecule is COc1cc([N+](=O)[O-])c2cc1OCCOCCOCCOCCOCCC(=O)NC(C(=O)CCCN)CSC2. The summed E-state index contributed by atoms with van der Waals surface area (Å²) in [7, 11) is 1.40. The van der Waals surface area contributed by atoms with Gasteiger partial charge in [0.25, 0.3) is 5.69 Å². The van der Waals surface area contributed by atoms with Gasteiger partial charge in [-0.25, -0.2) is 0 Å². The Morgan fingerprint density at radius 2 is 1.69 bits per heavy atom. The van der Waals surface area contributed by atoms with Crippen LogP contribution in [0.4, 0.5) is 5.69 Å². The number of nitro groups is 1. The number of fused-ring (bicyclic) bond motifs is 2. The van der Waals surface area contributed by atoms with Gasteiger partial charge in [0.1, 0.15) is 6.61 Å².